The summed E-state index contributed by atoms with van der Waals surface area (Å²) in [6, 6.07) is 0.217. The monoisotopic (exact) mass is 211 g/mol. The second-order valence-electron chi connectivity index (χ2n) is 3.63. The molecule has 1 aromatic rings. The van der Waals surface area contributed by atoms with E-state index in [4.69, 9.17) is 5.11 Å². The highest BCUT2D eigenvalue weighted by Gasteiger charge is 2.13. The van der Waals surface area contributed by atoms with Crippen molar-refractivity contribution in [1.82, 2.24) is 14.9 Å². The number of nitrogens with zero attached hydrogens (tertiary/aromatic N) is 2. The molecule has 0 saturated heterocycles. The second kappa shape index (κ2) is 6.58. The third-order valence-electron chi connectivity index (χ3n) is 2.43. The summed E-state index contributed by atoms with van der Waals surface area (Å²) in [5, 5.41) is 12.4. The maximum Gasteiger partial charge on any atom is 0.0948 e. The second-order valence-corrected chi connectivity index (χ2v) is 3.63. The van der Waals surface area contributed by atoms with Gasteiger partial charge in [0, 0.05) is 19.3 Å². The summed E-state index contributed by atoms with van der Waals surface area (Å²) in [5.41, 5.74) is 1.17. The summed E-state index contributed by atoms with van der Waals surface area (Å²) in [5.74, 6) is 0. The fourth-order valence-corrected chi connectivity index (χ4v) is 1.78. The zero-order chi connectivity index (χ0) is 11.1. The van der Waals surface area contributed by atoms with E-state index in [9.17, 15) is 0 Å². The lowest BCUT2D eigenvalue weighted by Gasteiger charge is -2.18. The predicted octanol–water partition coefficient (Wildman–Crippen LogP) is 1.33. The highest BCUT2D eigenvalue weighted by molar-refractivity contribution is 5.05. The van der Waals surface area contributed by atoms with E-state index in [0.29, 0.717) is 0 Å². The first kappa shape index (κ1) is 12.2. The van der Waals surface area contributed by atoms with E-state index in [-0.39, 0.29) is 12.6 Å². The van der Waals surface area contributed by atoms with E-state index in [1.807, 2.05) is 12.5 Å². The normalized spacial score (nSPS) is 13.0. The van der Waals surface area contributed by atoms with Gasteiger partial charge in [-0.2, -0.15) is 0 Å². The van der Waals surface area contributed by atoms with Crippen molar-refractivity contribution in [2.75, 3.05) is 13.2 Å². The molecule has 0 amide bonds. The first-order chi connectivity index (χ1) is 7.33. The Morgan fingerprint density at radius 1 is 1.53 bits per heavy atom. The van der Waals surface area contributed by atoms with Crippen LogP contribution in [0.15, 0.2) is 12.5 Å². The Bertz CT molecular complexity index is 267. The minimum absolute atomic E-state index is 0.203. The molecule has 15 heavy (non-hydrogen) atoms. The highest BCUT2D eigenvalue weighted by Crippen LogP contribution is 2.16. The van der Waals surface area contributed by atoms with Gasteiger partial charge in [0.05, 0.1) is 18.1 Å². The Morgan fingerprint density at radius 3 is 2.93 bits per heavy atom. The van der Waals surface area contributed by atoms with E-state index in [0.717, 1.165) is 25.9 Å². The summed E-state index contributed by atoms with van der Waals surface area (Å²) >= 11 is 0. The molecular weight excluding hydrogens is 190 g/mol. The van der Waals surface area contributed by atoms with Crippen molar-refractivity contribution < 1.29 is 5.11 Å². The van der Waals surface area contributed by atoms with Gasteiger partial charge < -0.3 is 15.0 Å². The number of aliphatic hydroxyl groups is 1. The van der Waals surface area contributed by atoms with Crippen LogP contribution in [0.3, 0.4) is 0 Å². The van der Waals surface area contributed by atoms with Crippen LogP contribution in [-0.4, -0.2) is 27.8 Å². The Balaban J connectivity index is 2.74. The van der Waals surface area contributed by atoms with Crippen LogP contribution in [0, 0.1) is 0 Å². The molecule has 4 heteroatoms. The van der Waals surface area contributed by atoms with E-state index in [1.54, 1.807) is 0 Å². The van der Waals surface area contributed by atoms with Crippen LogP contribution >= 0.6 is 0 Å². The fourth-order valence-electron chi connectivity index (χ4n) is 1.78. The van der Waals surface area contributed by atoms with E-state index in [1.165, 1.54) is 5.69 Å². The molecule has 0 bridgehead atoms. The molecule has 1 rings (SSSR count). The van der Waals surface area contributed by atoms with Gasteiger partial charge in [-0.1, -0.05) is 13.8 Å². The van der Waals surface area contributed by atoms with Crippen LogP contribution in [0.5, 0.6) is 0 Å². The van der Waals surface area contributed by atoms with Crippen LogP contribution in [0.1, 0.15) is 38.4 Å². The summed E-state index contributed by atoms with van der Waals surface area (Å²) in [6.45, 7) is 6.32. The van der Waals surface area contributed by atoms with Gasteiger partial charge in [0.2, 0.25) is 0 Å². The van der Waals surface area contributed by atoms with Gasteiger partial charge in [0.25, 0.3) is 0 Å². The number of hydrogen-bond donors (Lipinski definition) is 2. The molecule has 1 atom stereocenters. The predicted molar refractivity (Wildman–Crippen MR) is 60.6 cm³/mol. The van der Waals surface area contributed by atoms with Gasteiger partial charge in [0.1, 0.15) is 0 Å². The van der Waals surface area contributed by atoms with Crippen molar-refractivity contribution in [3.8, 4) is 0 Å². The van der Waals surface area contributed by atoms with Crippen molar-refractivity contribution in [3.05, 3.63) is 18.2 Å². The Morgan fingerprint density at radius 2 is 2.33 bits per heavy atom. The van der Waals surface area contributed by atoms with Gasteiger partial charge in [0.15, 0.2) is 0 Å². The maximum atomic E-state index is 9.01. The molecule has 0 aliphatic carbocycles. The topological polar surface area (TPSA) is 50.1 Å². The summed E-state index contributed by atoms with van der Waals surface area (Å²) in [4.78, 5) is 4.17. The minimum Gasteiger partial charge on any atom is -0.396 e. The molecule has 2 N–H and O–H groups in total. The molecule has 0 aromatic carbocycles. The van der Waals surface area contributed by atoms with Crippen molar-refractivity contribution in [2.45, 2.75) is 39.3 Å². The van der Waals surface area contributed by atoms with Crippen molar-refractivity contribution in [1.29, 1.82) is 0 Å². The number of aromatic nitrogens is 2. The van der Waals surface area contributed by atoms with Gasteiger partial charge in [-0.15, -0.1) is 0 Å². The van der Waals surface area contributed by atoms with Gasteiger partial charge in [-0.25, -0.2) is 4.98 Å². The number of imidazole rings is 1. The molecule has 0 radical (unpaired) electrons. The standard InChI is InChI=1S/C11H21N3O/c1-3-6-14-9-12-8-11(14)10(5-7-15)13-4-2/h8-10,13,15H,3-7H2,1-2H3. The molecule has 0 aliphatic rings. The molecule has 0 saturated carbocycles. The fraction of sp³-hybridized carbons (Fsp3) is 0.727. The third kappa shape index (κ3) is 3.32. The average Bonchev–Trinajstić information content (AvgIpc) is 2.66. The van der Waals surface area contributed by atoms with Gasteiger partial charge >= 0.3 is 0 Å². The van der Waals surface area contributed by atoms with Crippen LogP contribution in [-0.2, 0) is 6.54 Å². The zero-order valence-electron chi connectivity index (χ0n) is 9.61. The smallest absolute Gasteiger partial charge is 0.0948 e. The number of hydrogen-bond acceptors (Lipinski definition) is 3. The Labute approximate surface area is 91.3 Å². The first-order valence-corrected chi connectivity index (χ1v) is 5.67. The molecule has 1 heterocycles. The molecule has 0 spiro atoms. The molecule has 1 aromatic heterocycles. The van der Waals surface area contributed by atoms with Gasteiger partial charge in [-0.3, -0.25) is 0 Å². The van der Waals surface area contributed by atoms with Crippen LogP contribution in [0.4, 0.5) is 0 Å². The average molecular weight is 211 g/mol. The van der Waals surface area contributed by atoms with E-state index >= 15 is 0 Å². The van der Waals surface area contributed by atoms with E-state index < -0.39 is 0 Å². The quantitative estimate of drug-likeness (QED) is 0.715. The number of aryl methyl sites for hydroxylation is 1. The van der Waals surface area contributed by atoms with E-state index in [2.05, 4.69) is 28.7 Å². The van der Waals surface area contributed by atoms with Crippen molar-refractivity contribution in [2.24, 2.45) is 0 Å². The molecule has 4 nitrogen and oxygen atoms in total. The molecule has 86 valence electrons. The largest absolute Gasteiger partial charge is 0.396 e. The van der Waals surface area contributed by atoms with Gasteiger partial charge in [-0.05, 0) is 19.4 Å². The van der Waals surface area contributed by atoms with Crippen molar-refractivity contribution in [3.63, 3.8) is 0 Å². The zero-order valence-corrected chi connectivity index (χ0v) is 9.61. The summed E-state index contributed by atoms with van der Waals surface area (Å²) in [7, 11) is 0. The lowest BCUT2D eigenvalue weighted by molar-refractivity contribution is 0.263. The highest BCUT2D eigenvalue weighted by atomic mass is 16.3. The maximum absolute atomic E-state index is 9.01. The summed E-state index contributed by atoms with van der Waals surface area (Å²) < 4.78 is 2.16. The molecule has 1 unspecified atom stereocenters. The Kier molecular flexibility index (Phi) is 5.36. The van der Waals surface area contributed by atoms with Crippen molar-refractivity contribution >= 4 is 0 Å². The summed E-state index contributed by atoms with van der Waals surface area (Å²) in [6.07, 6.45) is 5.59. The number of rotatable bonds is 7. The number of aliphatic hydroxyl groups excluding tert-OH is 1. The molecule has 0 aliphatic heterocycles. The van der Waals surface area contributed by atoms with Crippen LogP contribution in [0.25, 0.3) is 0 Å². The Hall–Kier alpha value is -0.870. The molecule has 0 fully saturated rings. The minimum atomic E-state index is 0.203. The molecular formula is C11H21N3O. The SMILES string of the molecule is CCCn1cncc1C(CCO)NCC. The first-order valence-electron chi connectivity index (χ1n) is 5.67. The van der Waals surface area contributed by atoms with Crippen LogP contribution < -0.4 is 5.32 Å². The third-order valence-corrected chi connectivity index (χ3v) is 2.43. The lowest BCUT2D eigenvalue weighted by atomic mass is 10.1. The van der Waals surface area contributed by atoms with Crippen LogP contribution in [0.2, 0.25) is 0 Å². The lowest BCUT2D eigenvalue weighted by Crippen LogP contribution is -2.24. The number of nitrogens with one attached hydrogen (secondary N) is 1.